The van der Waals surface area contributed by atoms with E-state index in [1.54, 1.807) is 0 Å². The zero-order valence-electron chi connectivity index (χ0n) is 11.8. The van der Waals surface area contributed by atoms with Gasteiger partial charge in [0, 0.05) is 19.5 Å². The van der Waals surface area contributed by atoms with Crippen LogP contribution >= 0.6 is 0 Å². The highest BCUT2D eigenvalue weighted by Crippen LogP contribution is 2.32. The summed E-state index contributed by atoms with van der Waals surface area (Å²) in [6, 6.07) is 5.99. The molecule has 0 radical (unpaired) electrons. The van der Waals surface area contributed by atoms with Gasteiger partial charge in [-0.1, -0.05) is 19.9 Å². The van der Waals surface area contributed by atoms with Crippen LogP contribution in [0.25, 0.3) is 0 Å². The first kappa shape index (κ1) is 14.4. The summed E-state index contributed by atoms with van der Waals surface area (Å²) in [6.45, 7) is 5.16. The predicted molar refractivity (Wildman–Crippen MR) is 78.2 cm³/mol. The van der Waals surface area contributed by atoms with Crippen LogP contribution in [0.2, 0.25) is 0 Å². The lowest BCUT2D eigenvalue weighted by atomic mass is 10.0. The van der Waals surface area contributed by atoms with Crippen LogP contribution in [-0.2, 0) is 9.59 Å². The lowest BCUT2D eigenvalue weighted by Gasteiger charge is -2.24. The Balaban J connectivity index is 2.31. The number of hydrogen-bond donors (Lipinski definition) is 2. The van der Waals surface area contributed by atoms with E-state index in [0.29, 0.717) is 25.4 Å². The maximum atomic E-state index is 11.8. The number of carbonyl (C=O) groups excluding carboxylic acids is 1. The molecule has 2 rings (SSSR count). The molecule has 0 atom stereocenters. The van der Waals surface area contributed by atoms with Crippen molar-refractivity contribution in [3.05, 3.63) is 23.8 Å². The number of carboxylic acid groups (broad SMARTS) is 1. The van der Waals surface area contributed by atoms with Crippen molar-refractivity contribution in [1.29, 1.82) is 0 Å². The molecule has 5 heteroatoms. The third-order valence-corrected chi connectivity index (χ3v) is 3.51. The SMILES string of the molecule is CC(C)c1ccc2c(c1)NC(=O)CCN2CCC(=O)O. The lowest BCUT2D eigenvalue weighted by molar-refractivity contribution is -0.136. The summed E-state index contributed by atoms with van der Waals surface area (Å²) >= 11 is 0. The molecule has 0 saturated carbocycles. The maximum Gasteiger partial charge on any atom is 0.305 e. The van der Waals surface area contributed by atoms with Crippen LogP contribution in [0.1, 0.15) is 38.2 Å². The summed E-state index contributed by atoms with van der Waals surface area (Å²) < 4.78 is 0. The van der Waals surface area contributed by atoms with E-state index in [4.69, 9.17) is 5.11 Å². The van der Waals surface area contributed by atoms with Gasteiger partial charge in [-0.3, -0.25) is 9.59 Å². The number of fused-ring (bicyclic) bond motifs is 1. The zero-order chi connectivity index (χ0) is 14.7. The number of nitrogens with one attached hydrogen (secondary N) is 1. The van der Waals surface area contributed by atoms with Gasteiger partial charge in [0.25, 0.3) is 0 Å². The van der Waals surface area contributed by atoms with E-state index >= 15 is 0 Å². The first-order valence-electron chi connectivity index (χ1n) is 6.88. The highest BCUT2D eigenvalue weighted by molar-refractivity contribution is 5.96. The number of carbonyl (C=O) groups is 2. The topological polar surface area (TPSA) is 69.6 Å². The molecule has 0 saturated heterocycles. The summed E-state index contributed by atoms with van der Waals surface area (Å²) in [4.78, 5) is 24.5. The van der Waals surface area contributed by atoms with Gasteiger partial charge in [-0.25, -0.2) is 0 Å². The number of aliphatic carboxylic acids is 1. The summed E-state index contributed by atoms with van der Waals surface area (Å²) in [6.07, 6.45) is 0.449. The molecular weight excluding hydrogens is 256 g/mol. The number of hydrogen-bond acceptors (Lipinski definition) is 3. The van der Waals surface area contributed by atoms with Crippen molar-refractivity contribution >= 4 is 23.3 Å². The highest BCUT2D eigenvalue weighted by Gasteiger charge is 2.20. The van der Waals surface area contributed by atoms with E-state index in [9.17, 15) is 9.59 Å². The molecule has 1 aliphatic heterocycles. The van der Waals surface area contributed by atoms with Crippen molar-refractivity contribution in [2.75, 3.05) is 23.3 Å². The number of benzene rings is 1. The molecule has 0 spiro atoms. The van der Waals surface area contributed by atoms with Crippen LogP contribution in [0.4, 0.5) is 11.4 Å². The highest BCUT2D eigenvalue weighted by atomic mass is 16.4. The average Bonchev–Trinajstić information content (AvgIpc) is 2.54. The molecule has 20 heavy (non-hydrogen) atoms. The Morgan fingerprint density at radius 1 is 1.45 bits per heavy atom. The molecule has 2 N–H and O–H groups in total. The molecule has 0 aliphatic carbocycles. The quantitative estimate of drug-likeness (QED) is 0.886. The Hall–Kier alpha value is -2.04. The molecular formula is C15H20N2O3. The minimum absolute atomic E-state index is 0.0232. The molecule has 0 aromatic heterocycles. The Kier molecular flexibility index (Phi) is 4.27. The minimum atomic E-state index is -0.825. The van der Waals surface area contributed by atoms with E-state index in [1.165, 1.54) is 0 Å². The molecule has 0 bridgehead atoms. The molecule has 108 valence electrons. The van der Waals surface area contributed by atoms with Crippen molar-refractivity contribution in [2.24, 2.45) is 0 Å². The second-order valence-corrected chi connectivity index (χ2v) is 5.36. The van der Waals surface area contributed by atoms with Crippen LogP contribution in [0.15, 0.2) is 18.2 Å². The van der Waals surface area contributed by atoms with Crippen molar-refractivity contribution in [3.8, 4) is 0 Å². The maximum absolute atomic E-state index is 11.8. The fourth-order valence-corrected chi connectivity index (χ4v) is 2.32. The van der Waals surface area contributed by atoms with Crippen LogP contribution in [0.5, 0.6) is 0 Å². The van der Waals surface area contributed by atoms with Gasteiger partial charge in [0.05, 0.1) is 17.8 Å². The summed E-state index contributed by atoms with van der Waals surface area (Å²) in [5, 5.41) is 11.7. The van der Waals surface area contributed by atoms with E-state index in [1.807, 2.05) is 23.1 Å². The normalized spacial score (nSPS) is 14.8. The van der Waals surface area contributed by atoms with E-state index in [0.717, 1.165) is 16.9 Å². The van der Waals surface area contributed by atoms with E-state index in [-0.39, 0.29) is 12.3 Å². The predicted octanol–water partition coefficient (Wildman–Crippen LogP) is 2.43. The molecule has 1 aromatic rings. The monoisotopic (exact) mass is 276 g/mol. The van der Waals surface area contributed by atoms with Gasteiger partial charge in [-0.05, 0) is 23.6 Å². The van der Waals surface area contributed by atoms with Crippen molar-refractivity contribution < 1.29 is 14.7 Å². The summed E-state index contributed by atoms with van der Waals surface area (Å²) in [7, 11) is 0. The van der Waals surface area contributed by atoms with Crippen molar-refractivity contribution in [3.63, 3.8) is 0 Å². The molecule has 0 unspecified atom stereocenters. The molecule has 5 nitrogen and oxygen atoms in total. The Morgan fingerprint density at radius 2 is 2.20 bits per heavy atom. The van der Waals surface area contributed by atoms with Gasteiger partial charge in [-0.2, -0.15) is 0 Å². The van der Waals surface area contributed by atoms with Gasteiger partial charge < -0.3 is 15.3 Å². The van der Waals surface area contributed by atoms with Crippen LogP contribution < -0.4 is 10.2 Å². The van der Waals surface area contributed by atoms with Gasteiger partial charge in [0.1, 0.15) is 0 Å². The second-order valence-electron chi connectivity index (χ2n) is 5.36. The smallest absolute Gasteiger partial charge is 0.305 e. The summed E-state index contributed by atoms with van der Waals surface area (Å²) in [5.41, 5.74) is 2.84. The zero-order valence-corrected chi connectivity index (χ0v) is 11.8. The van der Waals surface area contributed by atoms with Gasteiger partial charge in [0.2, 0.25) is 5.91 Å². The fraction of sp³-hybridized carbons (Fsp3) is 0.467. The molecule has 1 amide bonds. The first-order valence-corrected chi connectivity index (χ1v) is 6.88. The third kappa shape index (κ3) is 3.29. The van der Waals surface area contributed by atoms with Crippen LogP contribution in [-0.4, -0.2) is 30.1 Å². The van der Waals surface area contributed by atoms with E-state index < -0.39 is 5.97 Å². The van der Waals surface area contributed by atoms with Crippen molar-refractivity contribution in [1.82, 2.24) is 0 Å². The fourth-order valence-electron chi connectivity index (χ4n) is 2.32. The van der Waals surface area contributed by atoms with Gasteiger partial charge in [0.15, 0.2) is 0 Å². The number of carboxylic acids is 1. The number of amides is 1. The average molecular weight is 276 g/mol. The molecule has 1 heterocycles. The minimum Gasteiger partial charge on any atom is -0.481 e. The summed E-state index contributed by atoms with van der Waals surface area (Å²) in [5.74, 6) is -0.466. The van der Waals surface area contributed by atoms with E-state index in [2.05, 4.69) is 19.2 Å². The third-order valence-electron chi connectivity index (χ3n) is 3.51. The largest absolute Gasteiger partial charge is 0.481 e. The Morgan fingerprint density at radius 3 is 2.85 bits per heavy atom. The van der Waals surface area contributed by atoms with Crippen LogP contribution in [0, 0.1) is 0 Å². The number of nitrogens with zero attached hydrogens (tertiary/aromatic N) is 1. The van der Waals surface area contributed by atoms with Crippen molar-refractivity contribution in [2.45, 2.75) is 32.6 Å². The molecule has 1 aliphatic rings. The first-order chi connectivity index (χ1) is 9.47. The van der Waals surface area contributed by atoms with Gasteiger partial charge >= 0.3 is 5.97 Å². The standard InChI is InChI=1S/C15H20N2O3/c1-10(2)11-3-4-13-12(9-11)16-14(18)5-7-17(13)8-6-15(19)20/h3-4,9-10H,5-8H2,1-2H3,(H,16,18)(H,19,20). The Labute approximate surface area is 118 Å². The van der Waals surface area contributed by atoms with Crippen LogP contribution in [0.3, 0.4) is 0 Å². The Bertz CT molecular complexity index is 526. The second kappa shape index (κ2) is 5.94. The molecule has 0 fully saturated rings. The number of anilines is 2. The molecule has 1 aromatic carbocycles. The van der Waals surface area contributed by atoms with Gasteiger partial charge in [-0.15, -0.1) is 0 Å². The number of rotatable bonds is 4. The lowest BCUT2D eigenvalue weighted by Crippen LogP contribution is -2.27.